The first kappa shape index (κ1) is 14.1. The fraction of sp³-hybridized carbons (Fsp3) is 0.294. The Kier molecular flexibility index (Phi) is 3.76. The van der Waals surface area contributed by atoms with Crippen LogP contribution in [0.3, 0.4) is 0 Å². The van der Waals surface area contributed by atoms with Crippen molar-refractivity contribution in [3.63, 3.8) is 0 Å². The lowest BCUT2D eigenvalue weighted by Crippen LogP contribution is -2.00. The van der Waals surface area contributed by atoms with E-state index in [0.29, 0.717) is 11.4 Å². The number of rotatable bonds is 2. The molecule has 3 nitrogen and oxygen atoms in total. The van der Waals surface area contributed by atoms with Crippen molar-refractivity contribution in [3.8, 4) is 17.7 Å². The van der Waals surface area contributed by atoms with Gasteiger partial charge >= 0.3 is 0 Å². The Balaban J connectivity index is 2.57. The molecule has 2 rings (SSSR count). The number of nitrogens with zero attached hydrogens (tertiary/aromatic N) is 2. The molecule has 0 radical (unpaired) electrons. The van der Waals surface area contributed by atoms with Crippen LogP contribution in [0.4, 0.5) is 0 Å². The highest BCUT2D eigenvalue weighted by atomic mass is 16.5. The molecule has 0 amide bonds. The van der Waals surface area contributed by atoms with Gasteiger partial charge in [-0.3, -0.25) is 0 Å². The van der Waals surface area contributed by atoms with Crippen LogP contribution < -0.4 is 4.74 Å². The van der Waals surface area contributed by atoms with Gasteiger partial charge in [-0.1, -0.05) is 12.1 Å². The van der Waals surface area contributed by atoms with E-state index >= 15 is 0 Å². The summed E-state index contributed by atoms with van der Waals surface area (Å²) < 4.78 is 5.97. The van der Waals surface area contributed by atoms with Crippen molar-refractivity contribution < 1.29 is 4.74 Å². The van der Waals surface area contributed by atoms with Crippen LogP contribution >= 0.6 is 0 Å². The van der Waals surface area contributed by atoms with Crippen molar-refractivity contribution in [3.05, 3.63) is 51.7 Å². The van der Waals surface area contributed by atoms with Crippen LogP contribution in [0.25, 0.3) is 0 Å². The zero-order valence-electron chi connectivity index (χ0n) is 12.5. The third-order valence-electron chi connectivity index (χ3n) is 3.50. The van der Waals surface area contributed by atoms with E-state index in [0.717, 1.165) is 33.7 Å². The van der Waals surface area contributed by atoms with E-state index in [4.69, 9.17) is 4.74 Å². The number of aromatic nitrogens is 1. The Morgan fingerprint density at radius 1 is 1.00 bits per heavy atom. The quantitative estimate of drug-likeness (QED) is 0.814. The summed E-state index contributed by atoms with van der Waals surface area (Å²) in [4.78, 5) is 4.37. The summed E-state index contributed by atoms with van der Waals surface area (Å²) in [5.74, 6) is 1.18. The Morgan fingerprint density at radius 3 is 2.30 bits per heavy atom. The molecule has 102 valence electrons. The molecule has 0 unspecified atom stereocenters. The summed E-state index contributed by atoms with van der Waals surface area (Å²) in [5, 5.41) is 9.29. The smallest absolute Gasteiger partial charge is 0.237 e. The fourth-order valence-electron chi connectivity index (χ4n) is 2.19. The summed E-state index contributed by atoms with van der Waals surface area (Å²) in [7, 11) is 0. The van der Waals surface area contributed by atoms with Crippen molar-refractivity contribution in [1.29, 1.82) is 5.26 Å². The lowest BCUT2D eigenvalue weighted by molar-refractivity contribution is 0.452. The molecule has 1 aromatic heterocycles. The Labute approximate surface area is 119 Å². The van der Waals surface area contributed by atoms with E-state index in [2.05, 4.69) is 17.1 Å². The molecule has 0 spiro atoms. The molecule has 0 N–H and O–H groups in total. The van der Waals surface area contributed by atoms with Gasteiger partial charge in [0.25, 0.3) is 0 Å². The number of benzene rings is 1. The van der Waals surface area contributed by atoms with E-state index < -0.39 is 0 Å². The number of aryl methyl sites for hydroxylation is 4. The zero-order valence-corrected chi connectivity index (χ0v) is 12.5. The maximum atomic E-state index is 9.29. The van der Waals surface area contributed by atoms with Crippen LogP contribution in [0.2, 0.25) is 0 Å². The Hall–Kier alpha value is -2.34. The fourth-order valence-corrected chi connectivity index (χ4v) is 2.19. The minimum Gasteiger partial charge on any atom is -0.437 e. The number of ether oxygens (including phenoxy) is 1. The highest BCUT2D eigenvalue weighted by molar-refractivity contribution is 5.50. The van der Waals surface area contributed by atoms with Crippen molar-refractivity contribution in [2.24, 2.45) is 0 Å². The van der Waals surface area contributed by atoms with Crippen LogP contribution in [0.1, 0.15) is 33.5 Å². The van der Waals surface area contributed by atoms with E-state index in [1.54, 1.807) is 0 Å². The first-order valence-corrected chi connectivity index (χ1v) is 6.57. The van der Waals surface area contributed by atoms with Crippen molar-refractivity contribution in [2.45, 2.75) is 34.6 Å². The molecule has 3 heteroatoms. The number of pyridine rings is 1. The average molecular weight is 266 g/mol. The van der Waals surface area contributed by atoms with Gasteiger partial charge in [-0.15, -0.1) is 0 Å². The van der Waals surface area contributed by atoms with Crippen molar-refractivity contribution in [1.82, 2.24) is 4.98 Å². The molecular formula is C17H18N2O. The topological polar surface area (TPSA) is 45.9 Å². The monoisotopic (exact) mass is 266 g/mol. The van der Waals surface area contributed by atoms with Gasteiger partial charge in [-0.05, 0) is 62.9 Å². The van der Waals surface area contributed by atoms with Crippen LogP contribution in [-0.2, 0) is 0 Å². The minimum atomic E-state index is 0.391. The predicted molar refractivity (Wildman–Crippen MR) is 79.2 cm³/mol. The lowest BCUT2D eigenvalue weighted by atomic mass is 10.1. The summed E-state index contributed by atoms with van der Waals surface area (Å²) in [6.07, 6.45) is 0. The van der Waals surface area contributed by atoms with Gasteiger partial charge < -0.3 is 4.74 Å². The largest absolute Gasteiger partial charge is 0.437 e. The normalized spacial score (nSPS) is 10.2. The lowest BCUT2D eigenvalue weighted by Gasteiger charge is -2.15. The van der Waals surface area contributed by atoms with Crippen LogP contribution in [0.15, 0.2) is 18.2 Å². The van der Waals surface area contributed by atoms with E-state index in [-0.39, 0.29) is 0 Å². The highest BCUT2D eigenvalue weighted by Gasteiger charge is 2.14. The minimum absolute atomic E-state index is 0.391. The number of nitriles is 1. The van der Waals surface area contributed by atoms with Gasteiger partial charge in [-0.2, -0.15) is 5.26 Å². The first-order chi connectivity index (χ1) is 9.43. The standard InChI is InChI=1S/C17H18N2O/c1-10-6-7-11(2)16(14(10)5)20-17-15(9-18)12(3)8-13(4)19-17/h6-8H,1-5H3. The molecule has 0 saturated carbocycles. The van der Waals surface area contributed by atoms with E-state index in [9.17, 15) is 5.26 Å². The van der Waals surface area contributed by atoms with Gasteiger partial charge in [-0.25, -0.2) is 4.98 Å². The molecule has 0 bridgehead atoms. The second-order valence-electron chi connectivity index (χ2n) is 5.13. The summed E-state index contributed by atoms with van der Waals surface area (Å²) in [6.45, 7) is 9.86. The molecule has 0 saturated heterocycles. The maximum absolute atomic E-state index is 9.29. The first-order valence-electron chi connectivity index (χ1n) is 6.57. The summed E-state index contributed by atoms with van der Waals surface area (Å²) in [6, 6.07) is 8.15. The number of hydrogen-bond acceptors (Lipinski definition) is 3. The average Bonchev–Trinajstić information content (AvgIpc) is 2.39. The van der Waals surface area contributed by atoms with Crippen LogP contribution in [0.5, 0.6) is 11.6 Å². The molecule has 1 aromatic carbocycles. The van der Waals surface area contributed by atoms with Gasteiger partial charge in [0.05, 0.1) is 0 Å². The van der Waals surface area contributed by atoms with Crippen molar-refractivity contribution >= 4 is 0 Å². The van der Waals surface area contributed by atoms with Crippen LogP contribution in [0, 0.1) is 45.9 Å². The molecule has 0 aliphatic rings. The molecule has 0 aliphatic carbocycles. The van der Waals surface area contributed by atoms with Gasteiger partial charge in [0.15, 0.2) is 0 Å². The molecule has 20 heavy (non-hydrogen) atoms. The Bertz CT molecular complexity index is 712. The van der Waals surface area contributed by atoms with Gasteiger partial charge in [0, 0.05) is 5.69 Å². The third kappa shape index (κ3) is 2.50. The van der Waals surface area contributed by atoms with E-state index in [1.165, 1.54) is 0 Å². The summed E-state index contributed by atoms with van der Waals surface area (Å²) in [5.41, 5.74) is 5.51. The Morgan fingerprint density at radius 2 is 1.65 bits per heavy atom. The van der Waals surface area contributed by atoms with Gasteiger partial charge in [0.1, 0.15) is 17.4 Å². The summed E-state index contributed by atoms with van der Waals surface area (Å²) >= 11 is 0. The zero-order chi connectivity index (χ0) is 14.9. The third-order valence-corrected chi connectivity index (χ3v) is 3.50. The highest BCUT2D eigenvalue weighted by Crippen LogP contribution is 2.32. The molecular weight excluding hydrogens is 248 g/mol. The van der Waals surface area contributed by atoms with Crippen molar-refractivity contribution in [2.75, 3.05) is 0 Å². The SMILES string of the molecule is Cc1cc(C)c(C#N)c(Oc2c(C)ccc(C)c2C)n1. The molecule has 2 aromatic rings. The van der Waals surface area contributed by atoms with Gasteiger partial charge in [0.2, 0.25) is 5.88 Å². The van der Waals surface area contributed by atoms with Crippen LogP contribution in [-0.4, -0.2) is 4.98 Å². The molecule has 0 fully saturated rings. The number of hydrogen-bond donors (Lipinski definition) is 0. The molecule has 0 aliphatic heterocycles. The molecule has 1 heterocycles. The molecule has 0 atom stereocenters. The predicted octanol–water partition coefficient (Wildman–Crippen LogP) is 4.29. The second kappa shape index (κ2) is 5.34. The second-order valence-corrected chi connectivity index (χ2v) is 5.13. The maximum Gasteiger partial charge on any atom is 0.237 e. The van der Waals surface area contributed by atoms with E-state index in [1.807, 2.05) is 46.8 Å².